The number of fused-ring (bicyclic) bond motifs is 2. The second-order valence-corrected chi connectivity index (χ2v) is 32.3. The second kappa shape index (κ2) is 47.4. The predicted molar refractivity (Wildman–Crippen MR) is 419 cm³/mol. The molecule has 5 amide bonds. The number of sulfonamides is 1. The van der Waals surface area contributed by atoms with E-state index >= 15 is 0 Å². The quantitative estimate of drug-likeness (QED) is 0.00867. The topological polar surface area (TPSA) is 410 Å². The number of carboxylic acids is 3. The number of likely N-dealkylation sites (tertiary alicyclic amines) is 1. The number of aromatic nitrogens is 2. The van der Waals surface area contributed by atoms with Crippen LogP contribution in [0, 0.1) is 5.41 Å². The molecule has 1 aliphatic carbocycles. The van der Waals surface area contributed by atoms with Crippen molar-refractivity contribution in [3.05, 3.63) is 125 Å². The first-order valence-corrected chi connectivity index (χ1v) is 42.6. The molecular weight excluding hydrogens is 1640 g/mol. The number of anilines is 1. The molecule has 41 heteroatoms. The van der Waals surface area contributed by atoms with Gasteiger partial charge in [-0.25, -0.2) is 37.1 Å². The fourth-order valence-electron chi connectivity index (χ4n) is 13.0. The first-order valence-electron chi connectivity index (χ1n) is 38.8. The summed E-state index contributed by atoms with van der Waals surface area (Å²) in [6.45, 7) is 14.9. The molecule has 0 bridgehead atoms. The molecule has 3 atom stereocenters. The van der Waals surface area contributed by atoms with Gasteiger partial charge in [-0.1, -0.05) is 87.8 Å². The van der Waals surface area contributed by atoms with E-state index < -0.39 is 79.5 Å². The number of piperidine rings is 1. The summed E-state index contributed by atoms with van der Waals surface area (Å²) >= 11 is 1.26. The highest BCUT2D eigenvalue weighted by Crippen LogP contribution is 2.44. The second-order valence-electron chi connectivity index (χ2n) is 28.3. The number of urea groups is 1. The fourth-order valence-corrected chi connectivity index (χ4v) is 15.7. The largest absolute Gasteiger partial charge is 0.542 e. The van der Waals surface area contributed by atoms with Crippen LogP contribution in [0.4, 0.5) is 50.0 Å². The standard InChI is InChI=1S/C72H101N13O10S3.3C2HF3O2/c1-8-84(9-2)54-30-33-59-64(44-54)95-65-45-55(85(10-3)11-4)31-34-60(65)68(59)61-35-32-58(47-66(61)98(92,93)94)97(90,91)76-40-25-19-17-15-13-12-14-16-18-24-38-74-72(89)75-39-26-23-29-62(78-67(86)46-57-50-96-71(73)82(57)7)69(87)79-63(70(88)77-53-36-41-80(5)42-37-53)43-56-49-83(51-81(56)6)48-52-27-21-20-22-28-52;3*3-2(4,5)1(6)7/h20-22,27-28,30-35,44-45,47,49-51,53,62-63,73,76H,8-19,23-26,29,36-43,46,48H2,1-7H3,(H4-2,74,75,77,78,79,86,87,88,89,92,93,94);3*(H,6,7)/p+1. The average molecular weight is 1750 g/mol. The number of rotatable bonds is 38. The molecule has 29 nitrogen and oxygen atoms in total. The molecular formula is C78H105F9N13O16S3+. The van der Waals surface area contributed by atoms with Gasteiger partial charge in [0.15, 0.2) is 0 Å². The van der Waals surface area contributed by atoms with Crippen molar-refractivity contribution in [2.75, 3.05) is 77.9 Å². The maximum atomic E-state index is 14.4. The van der Waals surface area contributed by atoms with Gasteiger partial charge in [0, 0.05) is 103 Å². The zero-order valence-electron chi connectivity index (χ0n) is 67.1. The smallest absolute Gasteiger partial charge is 0.430 e. The van der Waals surface area contributed by atoms with Crippen LogP contribution in [0.3, 0.4) is 0 Å². The molecule has 4 heterocycles. The third-order valence-corrected chi connectivity index (χ3v) is 22.8. The highest BCUT2D eigenvalue weighted by molar-refractivity contribution is 8.16. The van der Waals surface area contributed by atoms with Crippen molar-refractivity contribution in [1.82, 2.24) is 40.4 Å². The van der Waals surface area contributed by atoms with Crippen LogP contribution in [0.5, 0.6) is 0 Å². The molecule has 0 saturated carbocycles. The Bertz CT molecular complexity index is 4650. The van der Waals surface area contributed by atoms with Crippen molar-refractivity contribution in [1.29, 1.82) is 5.41 Å². The number of aryl methyl sites for hydroxylation is 1. The summed E-state index contributed by atoms with van der Waals surface area (Å²) < 4.78 is 175. The Morgan fingerprint density at radius 3 is 1.75 bits per heavy atom. The lowest BCUT2D eigenvalue weighted by atomic mass is 9.93. The van der Waals surface area contributed by atoms with Gasteiger partial charge in [0.2, 0.25) is 39.4 Å². The maximum absolute atomic E-state index is 14.4. The van der Waals surface area contributed by atoms with E-state index in [-0.39, 0.29) is 60.2 Å². The molecule has 4 aliphatic rings. The van der Waals surface area contributed by atoms with Crippen molar-refractivity contribution in [2.45, 2.75) is 190 Å². The van der Waals surface area contributed by atoms with Gasteiger partial charge in [0.25, 0.3) is 15.3 Å². The number of hydrogen-bond donors (Lipinski definition) is 10. The molecule has 1 fully saturated rings. The number of unbranched alkanes of at least 4 members (excludes halogenated alkanes) is 10. The van der Waals surface area contributed by atoms with E-state index in [0.29, 0.717) is 71.9 Å². The number of halogens is 9. The molecule has 1 saturated heterocycles. The number of carbonyl (C=O) groups excluding carboxylic acids is 7. The van der Waals surface area contributed by atoms with Crippen molar-refractivity contribution in [3.8, 4) is 22.5 Å². The minimum absolute atomic E-state index is 0.0106. The van der Waals surface area contributed by atoms with Crippen LogP contribution in [0.1, 0.15) is 142 Å². The number of alkyl halides is 9. The summed E-state index contributed by atoms with van der Waals surface area (Å²) in [5.41, 5.74) is 5.42. The number of thioether (sulfide) groups is 1. The van der Waals surface area contributed by atoms with Gasteiger partial charge in [0.1, 0.15) is 89.9 Å². The highest BCUT2D eigenvalue weighted by Gasteiger charge is 2.35. The summed E-state index contributed by atoms with van der Waals surface area (Å²) in [4.78, 5) is 84.8. The van der Waals surface area contributed by atoms with E-state index in [2.05, 4.69) is 92.2 Å². The van der Waals surface area contributed by atoms with Gasteiger partial charge < -0.3 is 70.5 Å². The van der Waals surface area contributed by atoms with Crippen LogP contribution < -0.4 is 75.8 Å². The lowest BCUT2D eigenvalue weighted by Crippen LogP contribution is -3.10. The van der Waals surface area contributed by atoms with Crippen LogP contribution in [0.25, 0.3) is 33.4 Å². The van der Waals surface area contributed by atoms with Gasteiger partial charge in [0.05, 0.1) is 45.2 Å². The number of imidazole rings is 1. The monoisotopic (exact) mass is 1750 g/mol. The number of benzene rings is 4. The van der Waals surface area contributed by atoms with Crippen LogP contribution in [0.15, 0.2) is 123 Å². The molecule has 0 spiro atoms. The van der Waals surface area contributed by atoms with Crippen LogP contribution in [-0.4, -0.2) is 182 Å². The molecule has 1 aromatic heterocycles. The number of quaternary nitrogens is 2. The van der Waals surface area contributed by atoms with E-state index in [1.165, 1.54) is 28.8 Å². The number of aliphatic carboxylic acids is 3. The number of carbonyl (C=O) groups is 7. The zero-order valence-corrected chi connectivity index (χ0v) is 69.6. The Hall–Kier alpha value is -9.68. The lowest BCUT2D eigenvalue weighted by Gasteiger charge is -2.29. The Kier molecular flexibility index (Phi) is 39.7. The van der Waals surface area contributed by atoms with Gasteiger partial charge in [-0.15, -0.1) is 0 Å². The molecule has 10 N–H and O–H groups in total. The van der Waals surface area contributed by atoms with Gasteiger partial charge >= 0.3 is 24.6 Å². The molecule has 0 radical (unpaired) electrons. The van der Waals surface area contributed by atoms with E-state index in [0.717, 1.165) is 149 Å². The number of amides is 5. The zero-order chi connectivity index (χ0) is 88.6. The van der Waals surface area contributed by atoms with E-state index in [1.807, 2.05) is 85.8 Å². The van der Waals surface area contributed by atoms with Crippen LogP contribution >= 0.6 is 11.8 Å². The summed E-state index contributed by atoms with van der Waals surface area (Å²) in [6, 6.07) is 23.3. The Balaban J connectivity index is 0.00000106. The summed E-state index contributed by atoms with van der Waals surface area (Å²) in [5.74, 6) is -9.60. The number of carboxylic acid groups (broad SMARTS) is 3. The van der Waals surface area contributed by atoms with E-state index in [4.69, 9.17) is 39.5 Å². The predicted octanol–water partition coefficient (Wildman–Crippen LogP) is 3.76. The normalized spacial score (nSPS) is 15.5. The van der Waals surface area contributed by atoms with E-state index in [9.17, 15) is 80.1 Å². The van der Waals surface area contributed by atoms with Gasteiger partial charge in [-0.05, 0) is 107 Å². The fraction of sp³-hybridized carbons (Fsp3) is 0.513. The number of amidine groups is 1. The number of nitrogens with one attached hydrogen (secondary N) is 9. The maximum Gasteiger partial charge on any atom is 0.430 e. The minimum Gasteiger partial charge on any atom is -0.542 e. The molecule has 658 valence electrons. The average Bonchev–Trinajstić information content (AvgIpc) is 0.927. The summed E-state index contributed by atoms with van der Waals surface area (Å²) in [7, 11) is -3.20. The lowest BCUT2D eigenvalue weighted by molar-refractivity contribution is -0.884. The van der Waals surface area contributed by atoms with E-state index in [1.54, 1.807) is 5.41 Å². The van der Waals surface area contributed by atoms with Gasteiger partial charge in [-0.2, -0.15) is 47.9 Å². The van der Waals surface area contributed by atoms with Crippen molar-refractivity contribution in [3.63, 3.8) is 0 Å². The molecule has 3 aliphatic heterocycles. The Morgan fingerprint density at radius 2 is 1.23 bits per heavy atom. The molecule has 119 heavy (non-hydrogen) atoms. The molecule has 3 unspecified atom stereocenters. The minimum atomic E-state index is -5.19. The molecule has 8 rings (SSSR count). The SMILES string of the molecule is CCN(CC)c1ccc2c(-c3ccc(S(=O)(=O)NCCCCCCCCCCCCNC(=O)NCCCCC(NC(=O)CC4=CSC(=N)[NH+]4C)C(=O)NC(Cc4c[n+](Cc5ccccc5)cn4C)C(=O)NC4CC[NH+](C)CC4)cc3S(=O)(=O)O)c3ccc(=[N+](CC)CC)cc-3oc2c1.O=C([O-])C(F)(F)F.O=C([O-])C(F)(F)F.O=C([O-])C(F)(F)F. The van der Waals surface area contributed by atoms with Crippen LogP contribution in [0.2, 0.25) is 0 Å². The van der Waals surface area contributed by atoms with Crippen molar-refractivity contribution >= 4 is 95.4 Å². The molecule has 4 aromatic rings. The Labute approximate surface area is 688 Å². The highest BCUT2D eigenvalue weighted by atomic mass is 32.2. The van der Waals surface area contributed by atoms with Crippen molar-refractivity contribution in [2.24, 2.45) is 7.05 Å². The Morgan fingerprint density at radius 1 is 0.689 bits per heavy atom. The summed E-state index contributed by atoms with van der Waals surface area (Å²) in [5, 5.41) is 53.3. The third-order valence-electron chi connectivity index (χ3n) is 19.5. The third kappa shape index (κ3) is 33.1. The first kappa shape index (κ1) is 99.9. The van der Waals surface area contributed by atoms with Crippen molar-refractivity contribution < 1.29 is 129 Å². The molecule has 3 aromatic carbocycles. The van der Waals surface area contributed by atoms with Gasteiger partial charge in [-0.3, -0.25) is 23.8 Å². The van der Waals surface area contributed by atoms with Crippen LogP contribution in [-0.2, 0) is 68.9 Å². The first-order chi connectivity index (χ1) is 55.9. The summed E-state index contributed by atoms with van der Waals surface area (Å²) in [6.07, 6.45) is 0.966. The number of nitrogens with zero attached hydrogens (tertiary/aromatic N) is 4. The number of hydrogen-bond acceptors (Lipinski definition) is 18.